The van der Waals surface area contributed by atoms with Gasteiger partial charge in [0.15, 0.2) is 0 Å². The standard InChI is InChI=1S/C12H24N4Si/c1-4-13-9-7-8-10(16-17)12(15-6-3)11(9)14-5-2/h7-8,13-16H,4-6H2,1-3,17H3. The van der Waals surface area contributed by atoms with Crippen molar-refractivity contribution < 1.29 is 0 Å². The summed E-state index contributed by atoms with van der Waals surface area (Å²) in [5.41, 5.74) is 4.67. The highest BCUT2D eigenvalue weighted by Gasteiger charge is 2.10. The molecule has 1 rings (SSSR count). The van der Waals surface area contributed by atoms with Crippen LogP contribution in [-0.4, -0.2) is 30.0 Å². The minimum atomic E-state index is 0.918. The fourth-order valence-corrected chi connectivity index (χ4v) is 2.29. The Morgan fingerprint density at radius 3 is 1.76 bits per heavy atom. The molecule has 0 saturated carbocycles. The van der Waals surface area contributed by atoms with Crippen molar-refractivity contribution in [3.63, 3.8) is 0 Å². The lowest BCUT2D eigenvalue weighted by molar-refractivity contribution is 1.16. The summed E-state index contributed by atoms with van der Waals surface area (Å²) in [5.74, 6) is 0. The van der Waals surface area contributed by atoms with Crippen molar-refractivity contribution in [3.05, 3.63) is 12.1 Å². The van der Waals surface area contributed by atoms with Crippen LogP contribution in [0.2, 0.25) is 0 Å². The van der Waals surface area contributed by atoms with Gasteiger partial charge in [0.2, 0.25) is 0 Å². The molecule has 17 heavy (non-hydrogen) atoms. The molecule has 5 heteroatoms. The Bertz CT molecular complexity index is 355. The van der Waals surface area contributed by atoms with Crippen LogP contribution in [-0.2, 0) is 0 Å². The van der Waals surface area contributed by atoms with Crippen LogP contribution < -0.4 is 20.9 Å². The maximum Gasteiger partial charge on any atom is 0.104 e. The van der Waals surface area contributed by atoms with Gasteiger partial charge in [0.25, 0.3) is 0 Å². The third-order valence-corrected chi connectivity index (χ3v) is 3.09. The van der Waals surface area contributed by atoms with Crippen LogP contribution in [0, 0.1) is 0 Å². The van der Waals surface area contributed by atoms with E-state index in [1.165, 1.54) is 11.4 Å². The highest BCUT2D eigenvalue weighted by Crippen LogP contribution is 2.37. The molecule has 0 aromatic heterocycles. The number of rotatable bonds is 7. The van der Waals surface area contributed by atoms with E-state index in [4.69, 9.17) is 0 Å². The van der Waals surface area contributed by atoms with Crippen LogP contribution in [0.3, 0.4) is 0 Å². The zero-order valence-electron chi connectivity index (χ0n) is 11.3. The summed E-state index contributed by atoms with van der Waals surface area (Å²) in [4.78, 5) is 3.36. The molecule has 0 aliphatic carbocycles. The van der Waals surface area contributed by atoms with Gasteiger partial charge in [-0.15, -0.1) is 0 Å². The second kappa shape index (κ2) is 7.06. The lowest BCUT2D eigenvalue weighted by Gasteiger charge is -2.20. The Morgan fingerprint density at radius 2 is 1.29 bits per heavy atom. The Morgan fingerprint density at radius 1 is 0.824 bits per heavy atom. The lowest BCUT2D eigenvalue weighted by atomic mass is 10.2. The molecule has 0 atom stereocenters. The van der Waals surface area contributed by atoms with E-state index in [2.05, 4.69) is 53.8 Å². The monoisotopic (exact) mass is 252 g/mol. The summed E-state index contributed by atoms with van der Waals surface area (Å²) in [6, 6.07) is 4.26. The van der Waals surface area contributed by atoms with Crippen molar-refractivity contribution in [1.82, 2.24) is 0 Å². The predicted octanol–water partition coefficient (Wildman–Crippen LogP) is 1.67. The molecule has 1 aromatic rings. The van der Waals surface area contributed by atoms with Crippen LogP contribution in [0.15, 0.2) is 12.1 Å². The van der Waals surface area contributed by atoms with Gasteiger partial charge in [-0.25, -0.2) is 0 Å². The SMILES string of the molecule is CCNc1ccc(N[SiH3])c(NCC)c1NCC. The molecular formula is C12H24N4Si. The molecule has 0 aliphatic rings. The van der Waals surface area contributed by atoms with Gasteiger partial charge in [-0.05, 0) is 32.9 Å². The molecule has 1 aromatic carbocycles. The van der Waals surface area contributed by atoms with E-state index >= 15 is 0 Å². The molecule has 0 bridgehead atoms. The van der Waals surface area contributed by atoms with Gasteiger partial charge in [-0.1, -0.05) is 0 Å². The van der Waals surface area contributed by atoms with Crippen LogP contribution in [0.25, 0.3) is 0 Å². The molecule has 4 N–H and O–H groups in total. The van der Waals surface area contributed by atoms with E-state index < -0.39 is 0 Å². The summed E-state index contributed by atoms with van der Waals surface area (Å²) in [6.45, 7) is 9.11. The molecule has 96 valence electrons. The Labute approximate surface area is 107 Å². The van der Waals surface area contributed by atoms with Crippen molar-refractivity contribution >= 4 is 33.2 Å². The van der Waals surface area contributed by atoms with Crippen molar-refractivity contribution in [2.45, 2.75) is 20.8 Å². The van der Waals surface area contributed by atoms with Crippen molar-refractivity contribution in [3.8, 4) is 0 Å². The minimum absolute atomic E-state index is 0.918. The van der Waals surface area contributed by atoms with Gasteiger partial charge in [0, 0.05) is 19.6 Å². The molecule has 0 amide bonds. The van der Waals surface area contributed by atoms with Gasteiger partial charge >= 0.3 is 0 Å². The number of hydrogen-bond acceptors (Lipinski definition) is 4. The molecule has 4 nitrogen and oxygen atoms in total. The fraction of sp³-hybridized carbons (Fsp3) is 0.500. The van der Waals surface area contributed by atoms with E-state index in [0.29, 0.717) is 0 Å². The average Bonchev–Trinajstić information content (AvgIpc) is 2.34. The summed E-state index contributed by atoms with van der Waals surface area (Å²) >= 11 is 0. The van der Waals surface area contributed by atoms with Crippen molar-refractivity contribution in [2.75, 3.05) is 40.6 Å². The lowest BCUT2D eigenvalue weighted by Crippen LogP contribution is -2.10. The molecule has 0 saturated heterocycles. The molecule has 0 fully saturated rings. The highest BCUT2D eigenvalue weighted by molar-refractivity contribution is 6.18. The number of nitrogens with one attached hydrogen (secondary N) is 4. The first-order valence-electron chi connectivity index (χ1n) is 6.34. The second-order valence-electron chi connectivity index (χ2n) is 3.75. The molecule has 0 heterocycles. The Balaban J connectivity index is 3.20. The minimum Gasteiger partial charge on any atom is -0.417 e. The third kappa shape index (κ3) is 3.29. The average molecular weight is 252 g/mol. The van der Waals surface area contributed by atoms with Gasteiger partial charge in [0.1, 0.15) is 10.4 Å². The Hall–Kier alpha value is -1.36. The fourth-order valence-electron chi connectivity index (χ4n) is 1.87. The summed E-state index contributed by atoms with van der Waals surface area (Å²) < 4.78 is 0. The summed E-state index contributed by atoms with van der Waals surface area (Å²) in [7, 11) is 0.946. The molecule has 0 aliphatic heterocycles. The topological polar surface area (TPSA) is 48.1 Å². The normalized spacial score (nSPS) is 10.1. The smallest absolute Gasteiger partial charge is 0.104 e. The Kier molecular flexibility index (Phi) is 5.69. The second-order valence-corrected chi connectivity index (χ2v) is 4.25. The van der Waals surface area contributed by atoms with Gasteiger partial charge < -0.3 is 20.9 Å². The molecule has 0 spiro atoms. The van der Waals surface area contributed by atoms with E-state index in [9.17, 15) is 0 Å². The maximum absolute atomic E-state index is 3.44. The molecule has 0 radical (unpaired) electrons. The summed E-state index contributed by atoms with van der Waals surface area (Å²) in [6.07, 6.45) is 0. The van der Waals surface area contributed by atoms with Crippen LogP contribution in [0.5, 0.6) is 0 Å². The van der Waals surface area contributed by atoms with Crippen LogP contribution in [0.4, 0.5) is 22.7 Å². The predicted molar refractivity (Wildman–Crippen MR) is 82.5 cm³/mol. The highest BCUT2D eigenvalue weighted by atomic mass is 28.2. The molecule has 0 unspecified atom stereocenters. The first-order chi connectivity index (χ1) is 8.28. The third-order valence-electron chi connectivity index (χ3n) is 2.55. The number of hydrogen-bond donors (Lipinski definition) is 4. The zero-order valence-corrected chi connectivity index (χ0v) is 13.3. The van der Waals surface area contributed by atoms with E-state index in [-0.39, 0.29) is 0 Å². The number of benzene rings is 1. The first-order valence-corrected chi connectivity index (χ1v) is 7.34. The summed E-state index contributed by atoms with van der Waals surface area (Å²) in [5, 5.41) is 10.3. The quantitative estimate of drug-likeness (QED) is 0.558. The van der Waals surface area contributed by atoms with E-state index in [1.54, 1.807) is 0 Å². The van der Waals surface area contributed by atoms with E-state index in [1.807, 2.05) is 0 Å². The van der Waals surface area contributed by atoms with Gasteiger partial charge in [-0.2, -0.15) is 0 Å². The largest absolute Gasteiger partial charge is 0.417 e. The van der Waals surface area contributed by atoms with Gasteiger partial charge in [-0.3, -0.25) is 0 Å². The van der Waals surface area contributed by atoms with Crippen LogP contribution >= 0.6 is 0 Å². The zero-order chi connectivity index (χ0) is 12.7. The number of anilines is 4. The first kappa shape index (κ1) is 13.7. The maximum atomic E-state index is 3.44. The van der Waals surface area contributed by atoms with Crippen molar-refractivity contribution in [2.24, 2.45) is 0 Å². The molecular weight excluding hydrogens is 228 g/mol. The van der Waals surface area contributed by atoms with Crippen molar-refractivity contribution in [1.29, 1.82) is 0 Å². The van der Waals surface area contributed by atoms with Crippen LogP contribution in [0.1, 0.15) is 20.8 Å². The van der Waals surface area contributed by atoms with Gasteiger partial charge in [0.05, 0.1) is 22.7 Å². The van der Waals surface area contributed by atoms with E-state index in [0.717, 1.165) is 41.4 Å².